The molecule has 1 saturated heterocycles. The third kappa shape index (κ3) is 1.73. The Morgan fingerprint density at radius 2 is 2.28 bits per heavy atom. The van der Waals surface area contributed by atoms with Gasteiger partial charge < -0.3 is 9.64 Å². The maximum Gasteiger partial charge on any atom is 0.231 e. The molecule has 1 unspecified atom stereocenters. The first-order valence-electron chi connectivity index (χ1n) is 6.22. The molecule has 3 rings (SSSR count). The van der Waals surface area contributed by atoms with Gasteiger partial charge in [-0.1, -0.05) is 0 Å². The number of ketones is 1. The van der Waals surface area contributed by atoms with Crippen LogP contribution in [0.25, 0.3) is 0 Å². The topological polar surface area (TPSA) is 46.6 Å². The molecule has 0 spiro atoms. The van der Waals surface area contributed by atoms with Crippen molar-refractivity contribution in [3.05, 3.63) is 29.3 Å². The van der Waals surface area contributed by atoms with E-state index in [0.29, 0.717) is 18.6 Å². The van der Waals surface area contributed by atoms with Crippen LogP contribution < -0.4 is 4.90 Å². The third-order valence-corrected chi connectivity index (χ3v) is 3.66. The molecule has 0 saturated carbocycles. The normalized spacial score (nSPS) is 22.4. The predicted molar refractivity (Wildman–Crippen MR) is 66.9 cm³/mol. The number of nitrogens with zero attached hydrogens (tertiary/aromatic N) is 1. The van der Waals surface area contributed by atoms with E-state index in [9.17, 15) is 9.59 Å². The maximum absolute atomic E-state index is 12.2. The zero-order valence-corrected chi connectivity index (χ0v) is 10.3. The Kier molecular flexibility index (Phi) is 2.67. The average Bonchev–Trinajstić information content (AvgIpc) is 2.98. The van der Waals surface area contributed by atoms with Crippen molar-refractivity contribution in [1.82, 2.24) is 0 Å². The van der Waals surface area contributed by atoms with Gasteiger partial charge in [-0.05, 0) is 36.6 Å². The Labute approximate surface area is 106 Å². The number of hydrogen-bond donors (Lipinski definition) is 0. The summed E-state index contributed by atoms with van der Waals surface area (Å²) in [5, 5.41) is 0. The van der Waals surface area contributed by atoms with Gasteiger partial charge in [-0.25, -0.2) is 0 Å². The highest BCUT2D eigenvalue weighted by molar-refractivity contribution is 6.04. The highest BCUT2D eigenvalue weighted by Gasteiger charge is 2.28. The number of benzene rings is 1. The van der Waals surface area contributed by atoms with Gasteiger partial charge in [-0.3, -0.25) is 9.59 Å². The number of rotatable bonds is 2. The summed E-state index contributed by atoms with van der Waals surface area (Å²) in [7, 11) is 1.76. The number of anilines is 1. The number of carbonyl (C=O) groups excluding carboxylic acids is 2. The molecule has 4 nitrogen and oxygen atoms in total. The van der Waals surface area contributed by atoms with E-state index in [2.05, 4.69) is 0 Å². The van der Waals surface area contributed by atoms with Crippen molar-refractivity contribution in [2.45, 2.75) is 25.4 Å². The van der Waals surface area contributed by atoms with E-state index in [1.807, 2.05) is 12.1 Å². The first-order valence-corrected chi connectivity index (χ1v) is 6.22. The quantitative estimate of drug-likeness (QED) is 0.743. The summed E-state index contributed by atoms with van der Waals surface area (Å²) in [5.74, 6) is 0.115. The van der Waals surface area contributed by atoms with Crippen molar-refractivity contribution in [2.75, 3.05) is 18.6 Å². The van der Waals surface area contributed by atoms with E-state index in [4.69, 9.17) is 4.74 Å². The first-order chi connectivity index (χ1) is 8.66. The van der Waals surface area contributed by atoms with Crippen LogP contribution in [0.5, 0.6) is 0 Å². The number of likely N-dealkylation sites (N-methyl/N-ethyl adjacent to an activating group) is 1. The number of hydrogen-bond acceptors (Lipinski definition) is 3. The fraction of sp³-hybridized carbons (Fsp3) is 0.429. The molecule has 0 bridgehead atoms. The Morgan fingerprint density at radius 3 is 3.00 bits per heavy atom. The molecule has 2 heterocycles. The van der Waals surface area contributed by atoms with Crippen molar-refractivity contribution in [2.24, 2.45) is 0 Å². The van der Waals surface area contributed by atoms with Crippen LogP contribution in [0.4, 0.5) is 5.69 Å². The summed E-state index contributed by atoms with van der Waals surface area (Å²) in [6.07, 6.45) is 1.84. The van der Waals surface area contributed by atoms with Gasteiger partial charge in [0.25, 0.3) is 0 Å². The van der Waals surface area contributed by atoms with Crippen LogP contribution in [0.15, 0.2) is 18.2 Å². The summed E-state index contributed by atoms with van der Waals surface area (Å²) < 4.78 is 5.40. The Bertz CT molecular complexity index is 518. The maximum atomic E-state index is 12.2. The molecule has 4 heteroatoms. The third-order valence-electron chi connectivity index (χ3n) is 3.66. The molecule has 0 aromatic heterocycles. The second-order valence-corrected chi connectivity index (χ2v) is 4.84. The lowest BCUT2D eigenvalue weighted by atomic mass is 10.0. The molecule has 94 valence electrons. The monoisotopic (exact) mass is 245 g/mol. The zero-order chi connectivity index (χ0) is 12.7. The van der Waals surface area contributed by atoms with Gasteiger partial charge in [0.15, 0.2) is 5.78 Å². The second kappa shape index (κ2) is 4.21. The lowest BCUT2D eigenvalue weighted by Gasteiger charge is -2.12. The van der Waals surface area contributed by atoms with Gasteiger partial charge in [0.1, 0.15) is 6.10 Å². The minimum absolute atomic E-state index is 0.0392. The molecule has 2 aliphatic rings. The second-order valence-electron chi connectivity index (χ2n) is 4.84. The molecule has 0 aliphatic carbocycles. The molecular weight excluding hydrogens is 230 g/mol. The van der Waals surface area contributed by atoms with Crippen LogP contribution in [0.1, 0.15) is 28.8 Å². The zero-order valence-electron chi connectivity index (χ0n) is 10.3. The molecule has 2 aliphatic heterocycles. The molecule has 1 atom stereocenters. The van der Waals surface area contributed by atoms with Crippen LogP contribution in [-0.4, -0.2) is 31.4 Å². The molecule has 18 heavy (non-hydrogen) atoms. The fourth-order valence-corrected chi connectivity index (χ4v) is 2.59. The number of amides is 1. The molecule has 1 fully saturated rings. The molecule has 1 amide bonds. The molecule has 0 radical (unpaired) electrons. The summed E-state index contributed by atoms with van der Waals surface area (Å²) in [6.45, 7) is 0.669. The summed E-state index contributed by atoms with van der Waals surface area (Å²) >= 11 is 0. The highest BCUT2D eigenvalue weighted by Crippen LogP contribution is 2.29. The van der Waals surface area contributed by atoms with E-state index < -0.39 is 0 Å². The Hall–Kier alpha value is -1.68. The van der Waals surface area contributed by atoms with E-state index in [1.165, 1.54) is 0 Å². The smallest absolute Gasteiger partial charge is 0.231 e. The lowest BCUT2D eigenvalue weighted by Crippen LogP contribution is -2.20. The van der Waals surface area contributed by atoms with Gasteiger partial charge in [0.05, 0.1) is 6.42 Å². The molecule has 0 N–H and O–H groups in total. The number of Topliss-reactive ketones (excluding diaryl/α,β-unsaturated/α-hetero) is 1. The van der Waals surface area contributed by atoms with Crippen LogP contribution >= 0.6 is 0 Å². The summed E-state index contributed by atoms with van der Waals surface area (Å²) in [6, 6.07) is 5.47. The van der Waals surface area contributed by atoms with Gasteiger partial charge >= 0.3 is 0 Å². The van der Waals surface area contributed by atoms with Crippen molar-refractivity contribution < 1.29 is 14.3 Å². The molecule has 1 aromatic carbocycles. The van der Waals surface area contributed by atoms with Gasteiger partial charge in [-0.2, -0.15) is 0 Å². The molecule has 1 aromatic rings. The first kappa shape index (κ1) is 11.4. The largest absolute Gasteiger partial charge is 0.370 e. The Balaban J connectivity index is 1.89. The van der Waals surface area contributed by atoms with Crippen molar-refractivity contribution in [1.29, 1.82) is 0 Å². The summed E-state index contributed by atoms with van der Waals surface area (Å²) in [4.78, 5) is 25.4. The van der Waals surface area contributed by atoms with Crippen molar-refractivity contribution in [3.8, 4) is 0 Å². The van der Waals surface area contributed by atoms with Crippen molar-refractivity contribution >= 4 is 17.4 Å². The van der Waals surface area contributed by atoms with Crippen LogP contribution in [0, 0.1) is 0 Å². The van der Waals surface area contributed by atoms with E-state index >= 15 is 0 Å². The average molecular weight is 245 g/mol. The predicted octanol–water partition coefficient (Wildman–Crippen LogP) is 1.57. The van der Waals surface area contributed by atoms with Gasteiger partial charge in [0, 0.05) is 24.9 Å². The number of fused-ring (bicyclic) bond motifs is 1. The fourth-order valence-electron chi connectivity index (χ4n) is 2.59. The van der Waals surface area contributed by atoms with Gasteiger partial charge in [-0.15, -0.1) is 0 Å². The van der Waals surface area contributed by atoms with E-state index in [-0.39, 0.29) is 17.8 Å². The number of carbonyl (C=O) groups is 2. The Morgan fingerprint density at radius 1 is 1.44 bits per heavy atom. The van der Waals surface area contributed by atoms with Crippen LogP contribution in [-0.2, 0) is 16.0 Å². The minimum atomic E-state index is -0.294. The minimum Gasteiger partial charge on any atom is -0.370 e. The standard InChI is InChI=1S/C14H15NO3/c1-15-11-5-4-9(7-10(11)8-13(15)16)14(17)12-3-2-6-18-12/h4-5,7,12H,2-3,6,8H2,1H3. The van der Waals surface area contributed by atoms with E-state index in [1.54, 1.807) is 18.0 Å². The van der Waals surface area contributed by atoms with Gasteiger partial charge in [0.2, 0.25) is 5.91 Å². The number of ether oxygens (including phenoxy) is 1. The molecular formula is C14H15NO3. The van der Waals surface area contributed by atoms with Crippen LogP contribution in [0.3, 0.4) is 0 Å². The van der Waals surface area contributed by atoms with Crippen LogP contribution in [0.2, 0.25) is 0 Å². The lowest BCUT2D eigenvalue weighted by molar-refractivity contribution is -0.117. The summed E-state index contributed by atoms with van der Waals surface area (Å²) in [5.41, 5.74) is 2.50. The van der Waals surface area contributed by atoms with E-state index in [0.717, 1.165) is 24.1 Å². The SMILES string of the molecule is CN1C(=O)Cc2cc(C(=O)C3CCCO3)ccc21. The van der Waals surface area contributed by atoms with Crippen molar-refractivity contribution in [3.63, 3.8) is 0 Å². The highest BCUT2D eigenvalue weighted by atomic mass is 16.5.